The molecule has 0 aliphatic heterocycles. The number of nitrogens with one attached hydrogen (secondary N) is 1. The fourth-order valence-electron chi connectivity index (χ4n) is 1.80. The van der Waals surface area contributed by atoms with Crippen molar-refractivity contribution in [3.63, 3.8) is 0 Å². The molecule has 2 N–H and O–H groups in total. The summed E-state index contributed by atoms with van der Waals surface area (Å²) < 4.78 is 0. The topological polar surface area (TPSA) is 92.2 Å². The van der Waals surface area contributed by atoms with Crippen molar-refractivity contribution in [1.29, 1.82) is 0 Å². The van der Waals surface area contributed by atoms with Crippen molar-refractivity contribution in [3.8, 4) is 0 Å². The third-order valence-electron chi connectivity index (χ3n) is 2.85. The van der Waals surface area contributed by atoms with Gasteiger partial charge >= 0.3 is 5.97 Å². The molecule has 7 heteroatoms. The highest BCUT2D eigenvalue weighted by Gasteiger charge is 2.10. The number of hydrogen-bond donors (Lipinski definition) is 2. The Morgan fingerprint density at radius 3 is 2.30 bits per heavy atom. The van der Waals surface area contributed by atoms with Crippen LogP contribution in [0.3, 0.4) is 0 Å². The molecule has 0 saturated heterocycles. The minimum Gasteiger partial charge on any atom is -0.481 e. The van der Waals surface area contributed by atoms with Crippen LogP contribution >= 0.6 is 11.8 Å². The Hall–Kier alpha value is -1.63. The molecule has 0 bridgehead atoms. The van der Waals surface area contributed by atoms with Gasteiger partial charge in [-0.3, -0.25) is 9.59 Å². The van der Waals surface area contributed by atoms with Gasteiger partial charge in [-0.2, -0.15) is 0 Å². The zero-order chi connectivity index (χ0) is 15.1. The summed E-state index contributed by atoms with van der Waals surface area (Å²) in [4.78, 5) is 30.7. The summed E-state index contributed by atoms with van der Waals surface area (Å²) >= 11 is 1.49. The Kier molecular flexibility index (Phi) is 6.44. The Morgan fingerprint density at radius 1 is 1.20 bits per heavy atom. The summed E-state index contributed by atoms with van der Waals surface area (Å²) in [6, 6.07) is 0. The molecule has 0 spiro atoms. The van der Waals surface area contributed by atoms with Crippen LogP contribution in [0.15, 0.2) is 5.16 Å². The number of thioether (sulfide) groups is 1. The molecule has 0 radical (unpaired) electrons. The molecule has 0 aliphatic rings. The number of carboxylic acid groups (broad SMARTS) is 1. The maximum Gasteiger partial charge on any atom is 0.305 e. The summed E-state index contributed by atoms with van der Waals surface area (Å²) in [6.45, 7) is 3.98. The van der Waals surface area contributed by atoms with E-state index in [4.69, 9.17) is 5.11 Å². The first-order valence-electron chi connectivity index (χ1n) is 6.30. The summed E-state index contributed by atoms with van der Waals surface area (Å²) in [5, 5.41) is 11.8. The number of carboxylic acids is 1. The maximum absolute atomic E-state index is 11.6. The highest BCUT2D eigenvalue weighted by Crippen LogP contribution is 2.16. The van der Waals surface area contributed by atoms with Crippen LogP contribution in [0.5, 0.6) is 0 Å². The van der Waals surface area contributed by atoms with Crippen molar-refractivity contribution in [2.45, 2.75) is 38.3 Å². The van der Waals surface area contributed by atoms with Gasteiger partial charge in [0.2, 0.25) is 5.91 Å². The van der Waals surface area contributed by atoms with Crippen LogP contribution < -0.4 is 5.32 Å². The standard InChI is InChI=1S/C13H19N3O3S/c1-8-10(9(2)16-13(15-8)20-3)4-5-11(17)14-7-6-12(18)19/h4-7H2,1-3H3,(H,14,17)(H,18,19). The van der Waals surface area contributed by atoms with E-state index in [2.05, 4.69) is 15.3 Å². The summed E-state index contributed by atoms with van der Waals surface area (Å²) in [7, 11) is 0. The molecule has 0 aromatic carbocycles. The zero-order valence-corrected chi connectivity index (χ0v) is 12.7. The molecule has 1 aromatic rings. The molecule has 0 fully saturated rings. The Morgan fingerprint density at radius 2 is 1.80 bits per heavy atom. The molecule has 6 nitrogen and oxygen atoms in total. The molecule has 1 amide bonds. The van der Waals surface area contributed by atoms with E-state index in [1.807, 2.05) is 20.1 Å². The number of nitrogens with zero attached hydrogens (tertiary/aromatic N) is 2. The van der Waals surface area contributed by atoms with Gasteiger partial charge in [0, 0.05) is 24.4 Å². The number of hydrogen-bond acceptors (Lipinski definition) is 5. The van der Waals surface area contributed by atoms with E-state index in [-0.39, 0.29) is 18.9 Å². The molecule has 1 aromatic heterocycles. The minimum absolute atomic E-state index is 0.0602. The number of amides is 1. The first-order chi connectivity index (χ1) is 9.43. The number of carbonyl (C=O) groups is 2. The van der Waals surface area contributed by atoms with Gasteiger partial charge in [-0.25, -0.2) is 9.97 Å². The first kappa shape index (κ1) is 16.4. The van der Waals surface area contributed by atoms with E-state index in [1.165, 1.54) is 11.8 Å². The Balaban J connectivity index is 2.53. The predicted molar refractivity (Wildman–Crippen MR) is 76.9 cm³/mol. The number of carbonyl (C=O) groups excluding carboxylic acids is 1. The lowest BCUT2D eigenvalue weighted by molar-refractivity contribution is -0.136. The van der Waals surface area contributed by atoms with Gasteiger partial charge in [-0.1, -0.05) is 11.8 Å². The van der Waals surface area contributed by atoms with Crippen LogP contribution in [0.1, 0.15) is 29.8 Å². The first-order valence-corrected chi connectivity index (χ1v) is 7.53. The Bertz CT molecular complexity index is 483. The molecule has 110 valence electrons. The van der Waals surface area contributed by atoms with Gasteiger partial charge in [0.05, 0.1) is 6.42 Å². The second-order valence-electron chi connectivity index (χ2n) is 4.35. The molecular formula is C13H19N3O3S. The number of aryl methyl sites for hydroxylation is 2. The molecule has 1 heterocycles. The minimum atomic E-state index is -0.918. The van der Waals surface area contributed by atoms with Gasteiger partial charge in [0.25, 0.3) is 0 Å². The monoisotopic (exact) mass is 297 g/mol. The van der Waals surface area contributed by atoms with Crippen molar-refractivity contribution in [3.05, 3.63) is 17.0 Å². The van der Waals surface area contributed by atoms with Gasteiger partial charge in [0.15, 0.2) is 5.16 Å². The number of rotatable bonds is 7. The summed E-state index contributed by atoms with van der Waals surface area (Å²) in [6.07, 6.45) is 2.73. The largest absolute Gasteiger partial charge is 0.481 e. The lowest BCUT2D eigenvalue weighted by Crippen LogP contribution is -2.26. The average Bonchev–Trinajstić information content (AvgIpc) is 2.36. The molecule has 0 saturated carbocycles. The van der Waals surface area contributed by atoms with Crippen LogP contribution in [0, 0.1) is 13.8 Å². The lowest BCUT2D eigenvalue weighted by Gasteiger charge is -2.10. The van der Waals surface area contributed by atoms with Gasteiger partial charge in [-0.15, -0.1) is 0 Å². The van der Waals surface area contributed by atoms with Gasteiger partial charge < -0.3 is 10.4 Å². The molecule has 0 unspecified atom stereocenters. The normalized spacial score (nSPS) is 10.3. The van der Waals surface area contributed by atoms with Crippen molar-refractivity contribution in [2.75, 3.05) is 12.8 Å². The van der Waals surface area contributed by atoms with Crippen molar-refractivity contribution in [1.82, 2.24) is 15.3 Å². The molecule has 0 aliphatic carbocycles. The number of aromatic nitrogens is 2. The molecule has 20 heavy (non-hydrogen) atoms. The van der Waals surface area contributed by atoms with Crippen LogP contribution in [0.25, 0.3) is 0 Å². The molecular weight excluding hydrogens is 278 g/mol. The second kappa shape index (κ2) is 7.84. The molecule has 1 rings (SSSR count). The highest BCUT2D eigenvalue weighted by molar-refractivity contribution is 7.98. The van der Waals surface area contributed by atoms with Crippen LogP contribution in [-0.2, 0) is 16.0 Å². The SMILES string of the molecule is CSc1nc(C)c(CCC(=O)NCCC(=O)O)c(C)n1. The van der Waals surface area contributed by atoms with Crippen LogP contribution in [0.4, 0.5) is 0 Å². The lowest BCUT2D eigenvalue weighted by atomic mass is 10.1. The van der Waals surface area contributed by atoms with Crippen molar-refractivity contribution < 1.29 is 14.7 Å². The smallest absolute Gasteiger partial charge is 0.305 e. The zero-order valence-electron chi connectivity index (χ0n) is 11.9. The van der Waals surface area contributed by atoms with Crippen molar-refractivity contribution >= 4 is 23.6 Å². The Labute approximate surface area is 122 Å². The second-order valence-corrected chi connectivity index (χ2v) is 5.13. The third kappa shape index (κ3) is 5.16. The fourth-order valence-corrected chi connectivity index (χ4v) is 2.25. The van der Waals surface area contributed by atoms with E-state index in [0.717, 1.165) is 22.1 Å². The van der Waals surface area contributed by atoms with Crippen molar-refractivity contribution in [2.24, 2.45) is 0 Å². The fraction of sp³-hybridized carbons (Fsp3) is 0.538. The third-order valence-corrected chi connectivity index (χ3v) is 3.39. The van der Waals surface area contributed by atoms with E-state index >= 15 is 0 Å². The quantitative estimate of drug-likeness (QED) is 0.583. The highest BCUT2D eigenvalue weighted by atomic mass is 32.2. The predicted octanol–water partition coefficient (Wildman–Crippen LogP) is 1.34. The van der Waals surface area contributed by atoms with Crippen LogP contribution in [0.2, 0.25) is 0 Å². The summed E-state index contributed by atoms with van der Waals surface area (Å²) in [5.41, 5.74) is 2.76. The van der Waals surface area contributed by atoms with Gasteiger partial charge in [0.1, 0.15) is 0 Å². The average molecular weight is 297 g/mol. The van der Waals surface area contributed by atoms with E-state index < -0.39 is 5.97 Å². The van der Waals surface area contributed by atoms with E-state index in [0.29, 0.717) is 12.8 Å². The molecule has 0 atom stereocenters. The number of aliphatic carboxylic acids is 1. The van der Waals surface area contributed by atoms with Crippen LogP contribution in [-0.4, -0.2) is 39.8 Å². The maximum atomic E-state index is 11.6. The summed E-state index contributed by atoms with van der Waals surface area (Å²) in [5.74, 6) is -1.07. The van der Waals surface area contributed by atoms with E-state index in [9.17, 15) is 9.59 Å². The van der Waals surface area contributed by atoms with Gasteiger partial charge in [-0.05, 0) is 32.1 Å². The van der Waals surface area contributed by atoms with E-state index in [1.54, 1.807) is 0 Å².